The van der Waals surface area contributed by atoms with Crippen LogP contribution >= 0.6 is 0 Å². The molecule has 63 heavy (non-hydrogen) atoms. The molecule has 4 heterocycles. The minimum atomic E-state index is -1.88. The van der Waals surface area contributed by atoms with E-state index in [2.05, 4.69) is 40.9 Å². The van der Waals surface area contributed by atoms with E-state index in [0.29, 0.717) is 11.1 Å². The average Bonchev–Trinajstić information content (AvgIpc) is 3.73. The molecule has 0 fully saturated rings. The third-order valence-corrected chi connectivity index (χ3v) is 10.6. The van der Waals surface area contributed by atoms with Gasteiger partial charge in [-0.1, -0.05) is 24.3 Å². The maximum atomic E-state index is 14.4. The molecule has 3 atom stereocenters. The number of nitrogen functional groups attached to an aromatic ring is 2. The van der Waals surface area contributed by atoms with E-state index in [0.717, 1.165) is 0 Å². The van der Waals surface area contributed by atoms with Crippen LogP contribution in [-0.2, 0) is 48.7 Å². The lowest BCUT2D eigenvalue weighted by Crippen LogP contribution is -2.41. The van der Waals surface area contributed by atoms with Gasteiger partial charge >= 0.3 is 23.9 Å². The Labute approximate surface area is 353 Å². The van der Waals surface area contributed by atoms with Crippen molar-refractivity contribution >= 4 is 70.3 Å². The molecular weight excluding hydrogens is 828 g/mol. The van der Waals surface area contributed by atoms with Crippen LogP contribution in [0.2, 0.25) is 0 Å². The summed E-state index contributed by atoms with van der Waals surface area (Å²) in [6.07, 6.45) is -1.47. The maximum absolute atomic E-state index is 14.4. The van der Waals surface area contributed by atoms with E-state index in [9.17, 15) is 53.4 Å². The number of aryl methyl sites for hydroxylation is 3. The zero-order chi connectivity index (χ0) is 45.7. The molecule has 3 aromatic heterocycles. The van der Waals surface area contributed by atoms with Crippen molar-refractivity contribution in [1.29, 1.82) is 0 Å². The second kappa shape index (κ2) is 18.1. The first-order valence-electron chi connectivity index (χ1n) is 19.2. The van der Waals surface area contributed by atoms with Gasteiger partial charge in [-0.25, -0.2) is 9.59 Å². The molecule has 328 valence electrons. The zero-order valence-corrected chi connectivity index (χ0v) is 32.9. The fraction of sp³-hybridized carbons (Fsp3) is 0.275. The molecule has 23 nitrogen and oxygen atoms in total. The summed E-state index contributed by atoms with van der Waals surface area (Å²) in [4.78, 5) is 129. The van der Waals surface area contributed by atoms with Gasteiger partial charge in [0.05, 0.1) is 10.9 Å². The van der Waals surface area contributed by atoms with E-state index in [1.165, 1.54) is 24.3 Å². The van der Waals surface area contributed by atoms with Gasteiger partial charge in [0.1, 0.15) is 29.0 Å². The lowest BCUT2D eigenvalue weighted by molar-refractivity contribution is -0.142. The number of H-pyrrole nitrogens is 3. The molecule has 0 radical (unpaired) electrons. The Bertz CT molecular complexity index is 2780. The van der Waals surface area contributed by atoms with Gasteiger partial charge in [-0.3, -0.25) is 43.5 Å². The highest BCUT2D eigenvalue weighted by atomic mass is 16.4. The number of carbonyl (C=O) groups excluding carboxylic acids is 3. The Kier molecular flexibility index (Phi) is 12.7. The van der Waals surface area contributed by atoms with Crippen molar-refractivity contribution in [3.8, 4) is 0 Å². The number of aliphatic carboxylic acids is 4. The average molecular weight is 869 g/mol. The number of nitrogens with two attached hydrogens (primary N) is 2. The number of fused-ring (bicyclic) bond motifs is 2. The summed E-state index contributed by atoms with van der Waals surface area (Å²) in [5, 5.41) is 44.1. The Morgan fingerprint density at radius 3 is 1.65 bits per heavy atom. The maximum Gasteiger partial charge on any atom is 0.326 e. The molecule has 0 bridgehead atoms. The number of nitrogens with zero attached hydrogens (tertiary/aromatic N) is 2. The number of aromatic nitrogens is 5. The number of benzene rings is 2. The minimum absolute atomic E-state index is 0.00277. The van der Waals surface area contributed by atoms with Crippen molar-refractivity contribution in [3.63, 3.8) is 0 Å². The third-order valence-electron chi connectivity index (χ3n) is 10.6. The van der Waals surface area contributed by atoms with Gasteiger partial charge in [0.25, 0.3) is 22.9 Å². The predicted molar refractivity (Wildman–Crippen MR) is 220 cm³/mol. The number of carbonyl (C=O) groups is 7. The molecule has 3 amide bonds. The van der Waals surface area contributed by atoms with Gasteiger partial charge in [0.15, 0.2) is 0 Å². The highest BCUT2D eigenvalue weighted by molar-refractivity contribution is 6.08. The number of hydrogen-bond acceptors (Lipinski definition) is 13. The molecule has 6 rings (SSSR count). The largest absolute Gasteiger partial charge is 0.481 e. The quantitative estimate of drug-likeness (QED) is 0.0529. The molecule has 1 aliphatic rings. The topological polar surface area (TPSA) is 396 Å². The fourth-order valence-electron chi connectivity index (χ4n) is 7.48. The van der Waals surface area contributed by atoms with E-state index in [4.69, 9.17) is 21.7 Å². The summed E-state index contributed by atoms with van der Waals surface area (Å²) in [5.41, 5.74) is 10.1. The van der Waals surface area contributed by atoms with Crippen molar-refractivity contribution in [3.05, 3.63) is 108 Å². The molecular formula is C40H40N10O13. The summed E-state index contributed by atoms with van der Waals surface area (Å²) in [6.45, 7) is 0. The number of amides is 3. The van der Waals surface area contributed by atoms with E-state index in [1.54, 1.807) is 24.3 Å². The smallest absolute Gasteiger partial charge is 0.326 e. The second-order valence-corrected chi connectivity index (χ2v) is 14.7. The molecule has 0 spiro atoms. The number of anilines is 3. The SMILES string of the molecule is Nc1nc2c(c(=O)[nH]1)C(CCc1ccc(C(=O)NC(CCC(=O)O)C(=O)O)cc1)(c1[nH]c3nc(N)[nH]c(=O)c3c1CCc1ccc(C(=O)NC(CCC(=O)O)C(=O)O)cc1)C(=O)N2. The Morgan fingerprint density at radius 1 is 0.651 bits per heavy atom. The summed E-state index contributed by atoms with van der Waals surface area (Å²) in [7, 11) is 0. The number of nitrogens with one attached hydrogen (secondary N) is 6. The van der Waals surface area contributed by atoms with Gasteiger partial charge in [0.2, 0.25) is 17.8 Å². The van der Waals surface area contributed by atoms with Crippen molar-refractivity contribution in [1.82, 2.24) is 35.6 Å². The molecule has 2 aromatic carbocycles. The molecule has 1 aliphatic heterocycles. The number of rotatable bonds is 19. The lowest BCUT2D eigenvalue weighted by Gasteiger charge is -2.27. The molecule has 0 saturated carbocycles. The first kappa shape index (κ1) is 44.2. The number of carboxylic acid groups (broad SMARTS) is 4. The first-order chi connectivity index (χ1) is 29.9. The Balaban J connectivity index is 1.33. The molecule has 23 heteroatoms. The minimum Gasteiger partial charge on any atom is -0.481 e. The van der Waals surface area contributed by atoms with Gasteiger partial charge < -0.3 is 52.8 Å². The molecule has 14 N–H and O–H groups in total. The summed E-state index contributed by atoms with van der Waals surface area (Å²) < 4.78 is 0. The van der Waals surface area contributed by atoms with Crippen molar-refractivity contribution in [2.75, 3.05) is 16.8 Å². The van der Waals surface area contributed by atoms with Crippen LogP contribution in [0.1, 0.15) is 80.8 Å². The fourth-order valence-corrected chi connectivity index (χ4v) is 7.48. The van der Waals surface area contributed by atoms with E-state index < -0.39 is 83.1 Å². The van der Waals surface area contributed by atoms with E-state index in [-0.39, 0.29) is 95.2 Å². The predicted octanol–water partition coefficient (Wildman–Crippen LogP) is 0.251. The second-order valence-electron chi connectivity index (χ2n) is 14.7. The van der Waals surface area contributed by atoms with Crippen LogP contribution in [0.4, 0.5) is 17.7 Å². The highest BCUT2D eigenvalue weighted by Crippen LogP contribution is 2.46. The molecule has 0 aliphatic carbocycles. The summed E-state index contributed by atoms with van der Waals surface area (Å²) in [5.74, 6) is -8.14. The van der Waals surface area contributed by atoms with Crippen molar-refractivity contribution < 1.29 is 54.0 Å². The third kappa shape index (κ3) is 9.51. The normalized spacial score (nSPS) is 15.2. The van der Waals surface area contributed by atoms with Crippen molar-refractivity contribution in [2.24, 2.45) is 0 Å². The zero-order valence-electron chi connectivity index (χ0n) is 32.9. The lowest BCUT2D eigenvalue weighted by atomic mass is 9.73. The van der Waals surface area contributed by atoms with Crippen LogP contribution < -0.4 is 38.5 Å². The number of carboxylic acids is 4. The molecule has 0 saturated heterocycles. The number of aromatic amines is 3. The van der Waals surface area contributed by atoms with Crippen LogP contribution in [-0.4, -0.2) is 99.0 Å². The van der Waals surface area contributed by atoms with Gasteiger partial charge in [-0.15, -0.1) is 0 Å². The summed E-state index contributed by atoms with van der Waals surface area (Å²) >= 11 is 0. The van der Waals surface area contributed by atoms with Crippen LogP contribution in [0.15, 0.2) is 58.1 Å². The molecule has 5 aromatic rings. The monoisotopic (exact) mass is 868 g/mol. The van der Waals surface area contributed by atoms with Crippen LogP contribution in [0, 0.1) is 0 Å². The van der Waals surface area contributed by atoms with Crippen LogP contribution in [0.3, 0.4) is 0 Å². The van der Waals surface area contributed by atoms with E-state index in [1.807, 2.05) is 0 Å². The first-order valence-corrected chi connectivity index (χ1v) is 19.2. The molecule has 3 unspecified atom stereocenters. The van der Waals surface area contributed by atoms with Crippen LogP contribution in [0.5, 0.6) is 0 Å². The highest BCUT2D eigenvalue weighted by Gasteiger charge is 2.53. The van der Waals surface area contributed by atoms with E-state index >= 15 is 0 Å². The van der Waals surface area contributed by atoms with Gasteiger partial charge in [-0.05, 0) is 79.5 Å². The Morgan fingerprint density at radius 2 is 1.14 bits per heavy atom. The van der Waals surface area contributed by atoms with Crippen molar-refractivity contribution in [2.45, 2.75) is 68.9 Å². The standard InChI is InChI=1S/C40H40N10O13/c41-38-47-29-26(33(57)49-38)21(10-5-17-1-6-19(7-2-17)31(55)43-22(35(59)60)11-13-24(51)52)28(45-29)40(27-30(46-37(40)63)48-39(42)50-34(27)58)16-15-18-3-8-20(9-4-18)32(56)44-23(36(61)62)12-14-25(53)54/h1-4,6-9,22-23H,5,10-16H2,(H,43,55)(H,44,56)(H,51,52)(H,53,54)(H,59,60)(H,61,62)(H4,41,45,47,49,57)(H4,42,46,48,50,58,63). The summed E-state index contributed by atoms with van der Waals surface area (Å²) in [6, 6.07) is 9.06. The number of hydrogen-bond donors (Lipinski definition) is 12. The van der Waals surface area contributed by atoms with Gasteiger partial charge in [0, 0.05) is 29.7 Å². The van der Waals surface area contributed by atoms with Crippen LogP contribution in [0.25, 0.3) is 11.0 Å². The van der Waals surface area contributed by atoms with Gasteiger partial charge in [-0.2, -0.15) is 9.97 Å². The Hall–Kier alpha value is -8.37.